The largest absolute Gasteiger partial charge is 0.378 e. The Balaban J connectivity index is 1.68. The molecule has 0 aliphatic carbocycles. The second-order valence-electron chi connectivity index (χ2n) is 7.12. The predicted molar refractivity (Wildman–Crippen MR) is 114 cm³/mol. The van der Waals surface area contributed by atoms with Gasteiger partial charge < -0.3 is 4.90 Å². The minimum Gasteiger partial charge on any atom is -0.378 e. The molecule has 0 amide bonds. The highest BCUT2D eigenvalue weighted by Gasteiger charge is 2.10. The average Bonchev–Trinajstić information content (AvgIpc) is 2.90. The average molecular weight is 382 g/mol. The van der Waals surface area contributed by atoms with Crippen molar-refractivity contribution in [3.8, 4) is 0 Å². The quantitative estimate of drug-likeness (QED) is 0.580. The zero-order chi connectivity index (χ0) is 19.4. The van der Waals surface area contributed by atoms with Gasteiger partial charge in [0.1, 0.15) is 5.82 Å². The Bertz CT molecular complexity index is 925. The maximum atomic E-state index is 5.67. The summed E-state index contributed by atoms with van der Waals surface area (Å²) in [7, 11) is 6.20. The van der Waals surface area contributed by atoms with E-state index in [0.29, 0.717) is 6.67 Å². The molecular weight excluding hydrogens is 354 g/mol. The Hall–Kier alpha value is -2.44. The molecule has 0 saturated carbocycles. The summed E-state index contributed by atoms with van der Waals surface area (Å²) in [5.74, 6) is 0.938. The van der Waals surface area contributed by atoms with Gasteiger partial charge in [-0.25, -0.2) is 4.68 Å². The molecule has 0 aliphatic heterocycles. The van der Waals surface area contributed by atoms with E-state index in [0.717, 1.165) is 23.7 Å². The van der Waals surface area contributed by atoms with Crippen molar-refractivity contribution < 1.29 is 0 Å². The van der Waals surface area contributed by atoms with Crippen molar-refractivity contribution in [2.45, 2.75) is 26.7 Å². The third-order valence-electron chi connectivity index (χ3n) is 4.57. The molecule has 0 spiro atoms. The van der Waals surface area contributed by atoms with E-state index < -0.39 is 0 Å². The van der Waals surface area contributed by atoms with E-state index in [2.05, 4.69) is 77.0 Å². The molecule has 0 N–H and O–H groups in total. The van der Waals surface area contributed by atoms with Gasteiger partial charge in [0, 0.05) is 26.3 Å². The molecule has 0 unspecified atom stereocenters. The number of rotatable bonds is 7. The Morgan fingerprint density at radius 2 is 1.59 bits per heavy atom. The summed E-state index contributed by atoms with van der Waals surface area (Å²) in [5.41, 5.74) is 3.71. The van der Waals surface area contributed by atoms with Crippen LogP contribution in [0.5, 0.6) is 0 Å². The molecule has 1 heterocycles. The number of aromatic nitrogens is 3. The lowest BCUT2D eigenvalue weighted by Gasteiger charge is -2.18. The Morgan fingerprint density at radius 3 is 2.22 bits per heavy atom. The molecule has 0 radical (unpaired) electrons. The van der Waals surface area contributed by atoms with Crippen LogP contribution in [0.4, 0.5) is 5.69 Å². The van der Waals surface area contributed by atoms with Gasteiger partial charge in [-0.3, -0.25) is 9.47 Å². The number of aryl methyl sites for hydroxylation is 1. The van der Waals surface area contributed by atoms with Gasteiger partial charge in [0.25, 0.3) is 0 Å². The van der Waals surface area contributed by atoms with Gasteiger partial charge in [-0.1, -0.05) is 42.5 Å². The van der Waals surface area contributed by atoms with E-state index >= 15 is 0 Å². The van der Waals surface area contributed by atoms with Crippen LogP contribution in [0, 0.1) is 11.7 Å². The van der Waals surface area contributed by atoms with Crippen molar-refractivity contribution in [2.75, 3.05) is 26.0 Å². The summed E-state index contributed by atoms with van der Waals surface area (Å²) in [6, 6.07) is 19.0. The van der Waals surface area contributed by atoms with Crippen molar-refractivity contribution in [1.82, 2.24) is 19.2 Å². The minimum atomic E-state index is 0.664. The first kappa shape index (κ1) is 19.3. The molecule has 0 fully saturated rings. The van der Waals surface area contributed by atoms with Crippen LogP contribution in [0.15, 0.2) is 54.6 Å². The van der Waals surface area contributed by atoms with Gasteiger partial charge in [-0.15, -0.1) is 0 Å². The topological polar surface area (TPSA) is 29.2 Å². The summed E-state index contributed by atoms with van der Waals surface area (Å²) < 4.78 is 4.75. The van der Waals surface area contributed by atoms with Crippen LogP contribution in [0.1, 0.15) is 17.0 Å². The summed E-state index contributed by atoms with van der Waals surface area (Å²) in [6.07, 6.45) is 0. The number of nitrogens with zero attached hydrogens (tertiary/aromatic N) is 5. The molecular formula is C21H27N5S. The van der Waals surface area contributed by atoms with E-state index in [1.165, 1.54) is 16.8 Å². The maximum Gasteiger partial charge on any atom is 0.199 e. The van der Waals surface area contributed by atoms with Gasteiger partial charge in [0.15, 0.2) is 4.77 Å². The standard InChI is InChI=1S/C21H27N5S/c1-17-22-26(21(27)25(17)15-18-8-6-5-7-9-18)16-24(4)14-19-10-12-20(13-11-19)23(2)3/h5-13H,14-16H2,1-4H3. The fourth-order valence-electron chi connectivity index (χ4n) is 3.08. The molecule has 142 valence electrons. The highest BCUT2D eigenvalue weighted by molar-refractivity contribution is 7.71. The molecule has 0 aliphatic rings. The molecule has 3 aromatic rings. The minimum absolute atomic E-state index is 0.664. The molecule has 0 saturated heterocycles. The highest BCUT2D eigenvalue weighted by Crippen LogP contribution is 2.14. The van der Waals surface area contributed by atoms with Crippen LogP contribution in [0.2, 0.25) is 0 Å². The second-order valence-corrected chi connectivity index (χ2v) is 7.48. The van der Waals surface area contributed by atoms with Gasteiger partial charge in [-0.05, 0) is 49.4 Å². The van der Waals surface area contributed by atoms with Crippen LogP contribution in [0.3, 0.4) is 0 Å². The van der Waals surface area contributed by atoms with Crippen LogP contribution in [-0.2, 0) is 19.8 Å². The van der Waals surface area contributed by atoms with Gasteiger partial charge in [0.2, 0.25) is 0 Å². The molecule has 1 aromatic heterocycles. The zero-order valence-electron chi connectivity index (χ0n) is 16.5. The molecule has 0 atom stereocenters. The third kappa shape index (κ3) is 4.84. The van der Waals surface area contributed by atoms with Gasteiger partial charge in [-0.2, -0.15) is 5.10 Å². The van der Waals surface area contributed by atoms with Crippen LogP contribution in [0.25, 0.3) is 0 Å². The van der Waals surface area contributed by atoms with Crippen molar-refractivity contribution in [3.63, 3.8) is 0 Å². The fraction of sp³-hybridized carbons (Fsp3) is 0.333. The first-order valence-corrected chi connectivity index (χ1v) is 9.48. The lowest BCUT2D eigenvalue weighted by atomic mass is 10.2. The summed E-state index contributed by atoms with van der Waals surface area (Å²) >= 11 is 5.67. The van der Waals surface area contributed by atoms with Crippen LogP contribution >= 0.6 is 12.2 Å². The number of hydrogen-bond acceptors (Lipinski definition) is 4. The van der Waals surface area contributed by atoms with E-state index in [1.54, 1.807) is 0 Å². The number of anilines is 1. The van der Waals surface area contributed by atoms with E-state index in [9.17, 15) is 0 Å². The van der Waals surface area contributed by atoms with Gasteiger partial charge in [0.05, 0.1) is 13.2 Å². The smallest absolute Gasteiger partial charge is 0.199 e. The first-order chi connectivity index (χ1) is 12.9. The summed E-state index contributed by atoms with van der Waals surface area (Å²) in [5, 5.41) is 4.65. The normalized spacial score (nSPS) is 11.1. The van der Waals surface area contributed by atoms with E-state index in [-0.39, 0.29) is 0 Å². The lowest BCUT2D eigenvalue weighted by molar-refractivity contribution is 0.243. The molecule has 6 heteroatoms. The Morgan fingerprint density at radius 1 is 0.926 bits per heavy atom. The summed E-state index contributed by atoms with van der Waals surface area (Å²) in [4.78, 5) is 4.33. The SMILES string of the molecule is Cc1nn(CN(C)Cc2ccc(N(C)C)cc2)c(=S)n1Cc1ccccc1. The first-order valence-electron chi connectivity index (χ1n) is 9.07. The zero-order valence-corrected chi connectivity index (χ0v) is 17.3. The number of hydrogen-bond donors (Lipinski definition) is 0. The highest BCUT2D eigenvalue weighted by atomic mass is 32.1. The second kappa shape index (κ2) is 8.50. The Kier molecular flexibility index (Phi) is 6.08. The monoisotopic (exact) mass is 381 g/mol. The van der Waals surface area contributed by atoms with Gasteiger partial charge >= 0.3 is 0 Å². The third-order valence-corrected chi connectivity index (χ3v) is 5.00. The van der Waals surface area contributed by atoms with Crippen molar-refractivity contribution >= 4 is 17.9 Å². The van der Waals surface area contributed by atoms with Crippen LogP contribution < -0.4 is 4.90 Å². The predicted octanol–water partition coefficient (Wildman–Crippen LogP) is 3.93. The molecule has 0 bridgehead atoms. The van der Waals surface area contributed by atoms with Crippen LogP contribution in [-0.4, -0.2) is 40.4 Å². The van der Waals surface area contributed by atoms with Crippen molar-refractivity contribution in [3.05, 3.63) is 76.3 Å². The molecule has 3 rings (SSSR count). The summed E-state index contributed by atoms with van der Waals surface area (Å²) in [6.45, 7) is 4.27. The van der Waals surface area contributed by atoms with Crippen molar-refractivity contribution in [1.29, 1.82) is 0 Å². The molecule has 27 heavy (non-hydrogen) atoms. The Labute approximate surface area is 166 Å². The van der Waals surface area contributed by atoms with Crippen molar-refractivity contribution in [2.24, 2.45) is 0 Å². The van der Waals surface area contributed by atoms with E-state index in [4.69, 9.17) is 12.2 Å². The fourth-order valence-corrected chi connectivity index (χ4v) is 3.37. The van der Waals surface area contributed by atoms with E-state index in [1.807, 2.05) is 29.8 Å². The molecule has 2 aromatic carbocycles. The molecule has 5 nitrogen and oxygen atoms in total. The lowest BCUT2D eigenvalue weighted by Crippen LogP contribution is -2.22. The number of benzene rings is 2. The maximum absolute atomic E-state index is 5.67.